The fourth-order valence-electron chi connectivity index (χ4n) is 4.95. The van der Waals surface area contributed by atoms with Crippen LogP contribution in [0.25, 0.3) is 21.9 Å². The van der Waals surface area contributed by atoms with Crippen molar-refractivity contribution in [2.45, 2.75) is 9.79 Å². The van der Waals surface area contributed by atoms with Crippen LogP contribution in [0, 0.1) is 0 Å². The number of nitrogens with zero attached hydrogens (tertiary/aromatic N) is 1. The third-order valence-electron chi connectivity index (χ3n) is 6.73. The second kappa shape index (κ2) is 9.03. The summed E-state index contributed by atoms with van der Waals surface area (Å²) in [4.78, 5) is 31.5. The molecule has 6 heteroatoms. The van der Waals surface area contributed by atoms with Gasteiger partial charge in [-0.25, -0.2) is 0 Å². The maximum atomic E-state index is 13.8. The van der Waals surface area contributed by atoms with E-state index in [4.69, 9.17) is 4.42 Å². The Bertz CT molecular complexity index is 1920. The van der Waals surface area contributed by atoms with Crippen molar-refractivity contribution in [3.8, 4) is 0 Å². The zero-order chi connectivity index (χ0) is 25.8. The van der Waals surface area contributed by atoms with Crippen LogP contribution in [0.15, 0.2) is 128 Å². The van der Waals surface area contributed by atoms with Crippen molar-refractivity contribution in [2.24, 2.45) is 0 Å². The molecule has 6 aromatic rings. The Morgan fingerprint density at radius 2 is 1.34 bits per heavy atom. The molecule has 0 bridgehead atoms. The first-order chi connectivity index (χ1) is 18.6. The molecular formula is C32H18NO3SSe. The fourth-order valence-corrected chi connectivity index (χ4v) is 6.55. The fraction of sp³-hybridized carbons (Fsp3) is 0. The van der Waals surface area contributed by atoms with Crippen molar-refractivity contribution in [1.29, 1.82) is 0 Å². The summed E-state index contributed by atoms with van der Waals surface area (Å²) in [5.41, 5.74) is 4.62. The molecule has 181 valence electrons. The number of benzene rings is 5. The summed E-state index contributed by atoms with van der Waals surface area (Å²) < 4.78 is 7.12. The van der Waals surface area contributed by atoms with Crippen molar-refractivity contribution in [1.82, 2.24) is 0 Å². The molecule has 1 radical (unpaired) electrons. The second-order valence-electron chi connectivity index (χ2n) is 9.00. The molecule has 5 aromatic carbocycles. The van der Waals surface area contributed by atoms with E-state index in [1.54, 1.807) is 42.1 Å². The van der Waals surface area contributed by atoms with Crippen molar-refractivity contribution in [3.63, 3.8) is 0 Å². The van der Waals surface area contributed by atoms with Gasteiger partial charge in [-0.1, -0.05) is 0 Å². The summed E-state index contributed by atoms with van der Waals surface area (Å²) in [6.07, 6.45) is 0. The molecule has 38 heavy (non-hydrogen) atoms. The molecule has 0 atom stereocenters. The van der Waals surface area contributed by atoms with E-state index in [1.807, 2.05) is 54.6 Å². The van der Waals surface area contributed by atoms with Crippen LogP contribution in [0.1, 0.15) is 15.9 Å². The van der Waals surface area contributed by atoms with Gasteiger partial charge >= 0.3 is 231 Å². The predicted molar refractivity (Wildman–Crippen MR) is 154 cm³/mol. The normalized spacial score (nSPS) is 12.4. The molecule has 0 N–H and O–H groups in total. The Morgan fingerprint density at radius 1 is 0.711 bits per heavy atom. The number of rotatable bonds is 3. The van der Waals surface area contributed by atoms with Crippen molar-refractivity contribution in [3.05, 3.63) is 131 Å². The van der Waals surface area contributed by atoms with E-state index in [2.05, 4.69) is 45.2 Å². The Labute approximate surface area is 230 Å². The number of ketones is 1. The number of fused-ring (bicyclic) bond motifs is 4. The summed E-state index contributed by atoms with van der Waals surface area (Å²) in [5, 5.41) is 0.845. The van der Waals surface area contributed by atoms with Gasteiger partial charge in [-0.15, -0.1) is 0 Å². The molecule has 0 saturated carbocycles. The van der Waals surface area contributed by atoms with Gasteiger partial charge in [-0.2, -0.15) is 0 Å². The van der Waals surface area contributed by atoms with Crippen LogP contribution in [0.5, 0.6) is 0 Å². The third-order valence-corrected chi connectivity index (χ3v) is 8.57. The topological polar surface area (TPSA) is 50.5 Å². The van der Waals surface area contributed by atoms with Gasteiger partial charge in [0.1, 0.15) is 0 Å². The minimum atomic E-state index is -0.168. The molecule has 0 aliphatic carbocycles. The average molecular weight is 576 g/mol. The van der Waals surface area contributed by atoms with Crippen molar-refractivity contribution in [2.75, 3.05) is 4.90 Å². The molecule has 1 aliphatic heterocycles. The third kappa shape index (κ3) is 3.61. The summed E-state index contributed by atoms with van der Waals surface area (Å²) in [7, 11) is 0. The van der Waals surface area contributed by atoms with Crippen LogP contribution in [-0.2, 0) is 0 Å². The molecule has 0 amide bonds. The van der Waals surface area contributed by atoms with Crippen LogP contribution in [-0.4, -0.2) is 21.8 Å². The minimum absolute atomic E-state index is 0.145. The number of hydrogen-bond donors (Lipinski definition) is 0. The van der Waals surface area contributed by atoms with Crippen LogP contribution < -0.4 is 14.8 Å². The number of hydrogen-bond acceptors (Lipinski definition) is 5. The van der Waals surface area contributed by atoms with Gasteiger partial charge in [-0.3, -0.25) is 0 Å². The quantitative estimate of drug-likeness (QED) is 0.130. The molecule has 1 aliphatic rings. The molecule has 0 unspecified atom stereocenters. The van der Waals surface area contributed by atoms with Crippen molar-refractivity contribution < 1.29 is 9.21 Å². The molecule has 0 saturated heterocycles. The van der Waals surface area contributed by atoms with E-state index in [0.29, 0.717) is 37.5 Å². The summed E-state index contributed by atoms with van der Waals surface area (Å²) in [5.74, 6) is -0.145. The van der Waals surface area contributed by atoms with E-state index < -0.39 is 0 Å². The van der Waals surface area contributed by atoms with E-state index >= 15 is 0 Å². The SMILES string of the molecule is O=C(c1ccccc1)c1cc2c(=O)c3cccc(N4c5ccccc5Sc5ccccc54)c3oc2cc1[Se]. The van der Waals surface area contributed by atoms with Crippen LogP contribution in [0.2, 0.25) is 0 Å². The number of anilines is 3. The van der Waals surface area contributed by atoms with E-state index in [1.165, 1.54) is 0 Å². The Kier molecular flexibility index (Phi) is 5.48. The summed E-state index contributed by atoms with van der Waals surface area (Å²) >= 11 is 4.72. The van der Waals surface area contributed by atoms with E-state index in [-0.39, 0.29) is 11.2 Å². The molecule has 0 spiro atoms. The summed E-state index contributed by atoms with van der Waals surface area (Å²) in [6.45, 7) is 0. The molecule has 4 nitrogen and oxygen atoms in total. The molecule has 1 aromatic heterocycles. The average Bonchev–Trinajstić information content (AvgIpc) is 2.96. The van der Waals surface area contributed by atoms with Gasteiger partial charge in [0.25, 0.3) is 0 Å². The van der Waals surface area contributed by atoms with Crippen LogP contribution in [0.4, 0.5) is 17.1 Å². The number of carbonyl (C=O) groups is 1. The van der Waals surface area contributed by atoms with Crippen LogP contribution >= 0.6 is 11.8 Å². The van der Waals surface area contributed by atoms with Gasteiger partial charge in [0.15, 0.2) is 0 Å². The first-order valence-corrected chi connectivity index (χ1v) is 13.7. The molecule has 7 rings (SSSR count). The van der Waals surface area contributed by atoms with Gasteiger partial charge in [-0.05, 0) is 0 Å². The Hall–Kier alpha value is -4.09. The maximum absolute atomic E-state index is 13.8. The van der Waals surface area contributed by atoms with E-state index in [0.717, 1.165) is 26.9 Å². The molecule has 0 fully saturated rings. The first-order valence-electron chi connectivity index (χ1n) is 12.1. The Balaban J connectivity index is 1.47. The second-order valence-corrected chi connectivity index (χ2v) is 11.0. The predicted octanol–water partition coefficient (Wildman–Crippen LogP) is 6.91. The Morgan fingerprint density at radius 3 is 2.05 bits per heavy atom. The standard InChI is InChI=1S/C32H18NO3SSe/c34-30(19-9-2-1-3-10-19)22-17-21-26(18-29(22)38)36-32-20(31(21)35)11-8-14-25(32)33-23-12-4-6-15-27(23)37-28-16-7-5-13-24(28)33/h1-18H. The van der Waals surface area contributed by atoms with Gasteiger partial charge < -0.3 is 0 Å². The summed E-state index contributed by atoms with van der Waals surface area (Å²) in [6, 6.07) is 34.6. The van der Waals surface area contributed by atoms with Gasteiger partial charge in [0, 0.05) is 0 Å². The zero-order valence-electron chi connectivity index (χ0n) is 19.9. The number of carbonyl (C=O) groups excluding carboxylic acids is 1. The van der Waals surface area contributed by atoms with Gasteiger partial charge in [0.05, 0.1) is 0 Å². The van der Waals surface area contributed by atoms with Crippen molar-refractivity contribution >= 4 is 77.0 Å². The molecule has 2 heterocycles. The zero-order valence-corrected chi connectivity index (χ0v) is 22.4. The molecular weight excluding hydrogens is 557 g/mol. The van der Waals surface area contributed by atoms with E-state index in [9.17, 15) is 9.59 Å². The van der Waals surface area contributed by atoms with Crippen LogP contribution in [0.3, 0.4) is 0 Å². The first kappa shape index (κ1) is 23.1. The number of para-hydroxylation sites is 3. The van der Waals surface area contributed by atoms with Gasteiger partial charge in [0.2, 0.25) is 0 Å². The monoisotopic (exact) mass is 576 g/mol.